The Labute approximate surface area is 165 Å². The number of likely N-dealkylation sites (N-methyl/N-ethyl adjacent to an activating group) is 1. The van der Waals surface area contributed by atoms with E-state index in [1.165, 1.54) is 16.4 Å². The van der Waals surface area contributed by atoms with Gasteiger partial charge in [0, 0.05) is 18.8 Å². The van der Waals surface area contributed by atoms with Crippen LogP contribution in [0.2, 0.25) is 0 Å². The average Bonchev–Trinajstić information content (AvgIpc) is 3.21. The molecule has 152 valence electrons. The molecule has 8 nitrogen and oxygen atoms in total. The maximum Gasteiger partial charge on any atom is 0.282 e. The van der Waals surface area contributed by atoms with E-state index in [4.69, 9.17) is 9.15 Å². The number of carbonyl (C=O) groups excluding carboxylic acids is 1. The fraction of sp³-hybridized carbons (Fsp3) is 0.421. The van der Waals surface area contributed by atoms with Crippen molar-refractivity contribution in [3.8, 4) is 0 Å². The van der Waals surface area contributed by atoms with Gasteiger partial charge in [0.1, 0.15) is 6.54 Å². The summed E-state index contributed by atoms with van der Waals surface area (Å²) in [6.45, 7) is 3.94. The Morgan fingerprint density at radius 3 is 2.50 bits per heavy atom. The van der Waals surface area contributed by atoms with E-state index in [0.29, 0.717) is 38.5 Å². The van der Waals surface area contributed by atoms with Crippen LogP contribution in [0.1, 0.15) is 12.7 Å². The van der Waals surface area contributed by atoms with Gasteiger partial charge in [-0.25, -0.2) is 8.42 Å². The van der Waals surface area contributed by atoms with Crippen LogP contribution in [0.5, 0.6) is 0 Å². The minimum absolute atomic E-state index is 0.146. The lowest BCUT2D eigenvalue weighted by molar-refractivity contribution is -0.908. The Kier molecular flexibility index (Phi) is 6.50. The van der Waals surface area contributed by atoms with Crippen molar-refractivity contribution in [1.82, 2.24) is 4.31 Å². The second-order valence-corrected chi connectivity index (χ2v) is 8.79. The van der Waals surface area contributed by atoms with Crippen LogP contribution in [0.25, 0.3) is 0 Å². The quantitative estimate of drug-likeness (QED) is 0.689. The summed E-state index contributed by atoms with van der Waals surface area (Å²) in [5.74, 6) is 0.669. The highest BCUT2D eigenvalue weighted by Crippen LogP contribution is 2.19. The van der Waals surface area contributed by atoms with E-state index < -0.39 is 10.0 Å². The van der Waals surface area contributed by atoms with Gasteiger partial charge in [-0.3, -0.25) is 4.79 Å². The fourth-order valence-corrected chi connectivity index (χ4v) is 4.37. The number of nitrogens with zero attached hydrogens (tertiary/aromatic N) is 1. The molecule has 2 aromatic rings. The molecule has 1 aromatic heterocycles. The highest BCUT2D eigenvalue weighted by molar-refractivity contribution is 7.89. The maximum absolute atomic E-state index is 12.6. The first kappa shape index (κ1) is 20.5. The summed E-state index contributed by atoms with van der Waals surface area (Å²) in [5.41, 5.74) is 0.559. The van der Waals surface area contributed by atoms with Gasteiger partial charge in [0.2, 0.25) is 10.0 Å². The second-order valence-electron chi connectivity index (χ2n) is 6.85. The van der Waals surface area contributed by atoms with Crippen LogP contribution < -0.4 is 10.2 Å². The number of benzene rings is 1. The lowest BCUT2D eigenvalue weighted by Gasteiger charge is -2.26. The minimum Gasteiger partial charge on any atom is -0.463 e. The molecule has 2 atom stereocenters. The van der Waals surface area contributed by atoms with Crippen molar-refractivity contribution in [2.75, 3.05) is 38.7 Å². The molecule has 0 radical (unpaired) electrons. The van der Waals surface area contributed by atoms with Crippen LogP contribution in [0.3, 0.4) is 0 Å². The number of nitrogens with one attached hydrogen (secondary N) is 2. The fourth-order valence-electron chi connectivity index (χ4n) is 2.96. The Morgan fingerprint density at radius 2 is 1.89 bits per heavy atom. The van der Waals surface area contributed by atoms with Crippen molar-refractivity contribution in [1.29, 1.82) is 0 Å². The van der Waals surface area contributed by atoms with Crippen LogP contribution in [-0.2, 0) is 26.1 Å². The standard InChI is InChI=1S/C19H25N3O5S/c1-15(21(2)14-17-4-3-11-27-17)19(23)20-16-5-7-18(8-6-16)28(24,25)22-9-12-26-13-10-22/h3-8,11,15H,9-10,12-14H2,1-2H3,(H,20,23)/p+1/t15-/m1/s1. The van der Waals surface area contributed by atoms with Gasteiger partial charge in [0.15, 0.2) is 11.8 Å². The molecule has 2 N–H and O–H groups in total. The highest BCUT2D eigenvalue weighted by atomic mass is 32.2. The molecule has 9 heteroatoms. The third-order valence-corrected chi connectivity index (χ3v) is 6.81. The molecular formula is C19H26N3O5S+. The normalized spacial score (nSPS) is 17.8. The molecule has 1 aromatic carbocycles. The molecule has 28 heavy (non-hydrogen) atoms. The van der Waals surface area contributed by atoms with E-state index >= 15 is 0 Å². The van der Waals surface area contributed by atoms with Crippen molar-refractivity contribution in [3.63, 3.8) is 0 Å². The average molecular weight is 409 g/mol. The molecule has 0 aliphatic carbocycles. The predicted molar refractivity (Wildman–Crippen MR) is 103 cm³/mol. The zero-order chi connectivity index (χ0) is 20.1. The number of morpholine rings is 1. The first-order valence-electron chi connectivity index (χ1n) is 9.21. The molecule has 0 bridgehead atoms. The Morgan fingerprint density at radius 1 is 1.21 bits per heavy atom. The summed E-state index contributed by atoms with van der Waals surface area (Å²) in [7, 11) is -1.62. The van der Waals surface area contributed by atoms with Crippen molar-refractivity contribution in [3.05, 3.63) is 48.4 Å². The van der Waals surface area contributed by atoms with E-state index in [9.17, 15) is 13.2 Å². The number of rotatable bonds is 7. The topological polar surface area (TPSA) is 93.3 Å². The van der Waals surface area contributed by atoms with Gasteiger partial charge in [-0.05, 0) is 43.3 Å². The summed E-state index contributed by atoms with van der Waals surface area (Å²) in [6, 6.07) is 9.65. The van der Waals surface area contributed by atoms with Gasteiger partial charge in [0.05, 0.1) is 31.4 Å². The number of carbonyl (C=O) groups is 1. The lowest BCUT2D eigenvalue weighted by Crippen LogP contribution is -3.12. The summed E-state index contributed by atoms with van der Waals surface area (Å²) >= 11 is 0. The number of sulfonamides is 1. The van der Waals surface area contributed by atoms with Crippen LogP contribution >= 0.6 is 0 Å². The van der Waals surface area contributed by atoms with Gasteiger partial charge in [0.25, 0.3) is 5.91 Å². The number of anilines is 1. The van der Waals surface area contributed by atoms with Crippen molar-refractivity contribution in [2.45, 2.75) is 24.4 Å². The van der Waals surface area contributed by atoms with Crippen LogP contribution in [0.15, 0.2) is 52.0 Å². The molecule has 3 rings (SSSR count). The molecule has 1 aliphatic rings. The molecule has 1 fully saturated rings. The van der Waals surface area contributed by atoms with Gasteiger partial charge in [-0.1, -0.05) is 0 Å². The molecule has 1 saturated heterocycles. The summed E-state index contributed by atoms with van der Waals surface area (Å²) in [4.78, 5) is 13.7. The molecule has 1 amide bonds. The largest absolute Gasteiger partial charge is 0.463 e. The first-order chi connectivity index (χ1) is 13.4. The van der Waals surface area contributed by atoms with E-state index in [1.54, 1.807) is 18.4 Å². The number of quaternary nitrogens is 1. The Balaban J connectivity index is 1.61. The number of ether oxygens (including phenoxy) is 1. The maximum atomic E-state index is 12.6. The third kappa shape index (κ3) is 4.79. The monoisotopic (exact) mass is 408 g/mol. The van der Waals surface area contributed by atoms with Crippen LogP contribution in [0.4, 0.5) is 5.69 Å². The molecule has 1 unspecified atom stereocenters. The SMILES string of the molecule is C[C@H](C(=O)Nc1ccc(S(=O)(=O)N2CCOCC2)cc1)[NH+](C)Cc1ccco1. The third-order valence-electron chi connectivity index (χ3n) is 4.90. The summed E-state index contributed by atoms with van der Waals surface area (Å²) in [5, 5.41) is 2.84. The zero-order valence-electron chi connectivity index (χ0n) is 16.1. The number of hydrogen-bond acceptors (Lipinski definition) is 5. The number of furan rings is 1. The highest BCUT2D eigenvalue weighted by Gasteiger charge is 2.27. The number of amides is 1. The van der Waals surface area contributed by atoms with Gasteiger partial charge < -0.3 is 19.4 Å². The van der Waals surface area contributed by atoms with Crippen molar-refractivity contribution < 1.29 is 27.3 Å². The van der Waals surface area contributed by atoms with Crippen molar-refractivity contribution >= 4 is 21.6 Å². The number of hydrogen-bond donors (Lipinski definition) is 2. The molecular weight excluding hydrogens is 382 g/mol. The van der Waals surface area contributed by atoms with Crippen molar-refractivity contribution in [2.24, 2.45) is 0 Å². The zero-order valence-corrected chi connectivity index (χ0v) is 16.9. The van der Waals surface area contributed by atoms with Crippen LogP contribution in [-0.4, -0.2) is 58.0 Å². The van der Waals surface area contributed by atoms with Crippen LogP contribution in [0, 0.1) is 0 Å². The Bertz CT molecular complexity index is 875. The van der Waals surface area contributed by atoms with Gasteiger partial charge >= 0.3 is 0 Å². The second kappa shape index (κ2) is 8.87. The molecule has 0 spiro atoms. The minimum atomic E-state index is -3.54. The molecule has 2 heterocycles. The molecule has 0 saturated carbocycles. The lowest BCUT2D eigenvalue weighted by atomic mass is 10.2. The van der Waals surface area contributed by atoms with E-state index in [-0.39, 0.29) is 16.8 Å². The van der Waals surface area contributed by atoms with E-state index in [2.05, 4.69) is 5.32 Å². The van der Waals surface area contributed by atoms with Gasteiger partial charge in [-0.2, -0.15) is 4.31 Å². The predicted octanol–water partition coefficient (Wildman–Crippen LogP) is 0.342. The van der Waals surface area contributed by atoms with E-state index in [1.807, 2.05) is 26.1 Å². The molecule has 1 aliphatic heterocycles. The summed E-state index contributed by atoms with van der Waals surface area (Å²) < 4.78 is 37.2. The van der Waals surface area contributed by atoms with E-state index in [0.717, 1.165) is 10.7 Å². The summed E-state index contributed by atoms with van der Waals surface area (Å²) in [6.07, 6.45) is 1.61. The smallest absolute Gasteiger partial charge is 0.282 e. The van der Waals surface area contributed by atoms with Gasteiger partial charge in [-0.15, -0.1) is 0 Å². The first-order valence-corrected chi connectivity index (χ1v) is 10.7. The Hall–Kier alpha value is -2.20.